The molecule has 0 radical (unpaired) electrons. The van der Waals surface area contributed by atoms with E-state index in [0.29, 0.717) is 0 Å². The van der Waals surface area contributed by atoms with Crippen molar-refractivity contribution in [2.45, 2.75) is 13.8 Å². The van der Waals surface area contributed by atoms with Gasteiger partial charge in [-0.3, -0.25) is 0 Å². The Morgan fingerprint density at radius 3 is 0.917 bits per heavy atom. The van der Waals surface area contributed by atoms with Crippen molar-refractivity contribution in [2.75, 3.05) is 0 Å². The van der Waals surface area contributed by atoms with Crippen molar-refractivity contribution in [3.05, 3.63) is 60.7 Å². The highest BCUT2D eigenvalue weighted by Crippen LogP contribution is 1.98. The van der Waals surface area contributed by atoms with Gasteiger partial charge in [-0.2, -0.15) is 0 Å². The number of hydrogen-bond donors (Lipinski definition) is 0. The molecule has 1 aromatic carbocycles. The van der Waals surface area contributed by atoms with Crippen LogP contribution in [0.2, 0.25) is 0 Å². The Hall–Kier alpha value is -1.30. The largest absolute Gasteiger partial charge is 0.0959 e. The Morgan fingerprint density at radius 2 is 0.833 bits per heavy atom. The minimum absolute atomic E-state index is 1.06. The van der Waals surface area contributed by atoms with Crippen molar-refractivity contribution in [3.63, 3.8) is 0 Å². The second-order valence-corrected chi connectivity index (χ2v) is 2.72. The van der Waals surface area contributed by atoms with Gasteiger partial charge >= 0.3 is 0 Å². The minimum atomic E-state index is 1.06. The molecule has 0 aliphatic heterocycles. The molecule has 0 spiro atoms. The van der Waals surface area contributed by atoms with Crippen LogP contribution in [0.15, 0.2) is 60.7 Å². The van der Waals surface area contributed by atoms with Gasteiger partial charge in [-0.15, -0.1) is 0 Å². The molecular formula is C12H16. The summed E-state index contributed by atoms with van der Waals surface area (Å²) in [6, 6.07) is 12.0. The van der Waals surface area contributed by atoms with Crippen LogP contribution in [0.5, 0.6) is 0 Å². The predicted molar refractivity (Wildman–Crippen MR) is 56.1 cm³/mol. The Morgan fingerprint density at radius 1 is 0.667 bits per heavy atom. The van der Waals surface area contributed by atoms with Crippen molar-refractivity contribution in [3.8, 4) is 0 Å². The van der Waals surface area contributed by atoms with E-state index in [1.165, 1.54) is 0 Å². The second kappa shape index (κ2) is 6.41. The zero-order valence-electron chi connectivity index (χ0n) is 7.88. The topological polar surface area (TPSA) is 0 Å². The van der Waals surface area contributed by atoms with E-state index >= 15 is 0 Å². The average Bonchev–Trinajstić information content (AvgIpc) is 2.08. The van der Waals surface area contributed by atoms with E-state index < -0.39 is 0 Å². The lowest BCUT2D eigenvalue weighted by Crippen LogP contribution is -1.67. The third-order valence-corrected chi connectivity index (χ3v) is 1.40. The zero-order chi connectivity index (χ0) is 9.40. The molecule has 0 saturated carbocycles. The van der Waals surface area contributed by atoms with E-state index in [4.69, 9.17) is 0 Å². The quantitative estimate of drug-likeness (QED) is 0.548. The summed E-state index contributed by atoms with van der Waals surface area (Å²) in [6.45, 7) is 11.2. The molecule has 0 amide bonds. The summed E-state index contributed by atoms with van der Waals surface area (Å²) >= 11 is 0. The van der Waals surface area contributed by atoms with Crippen LogP contribution in [0.3, 0.4) is 0 Å². The predicted octanol–water partition coefficient (Wildman–Crippen LogP) is 3.83. The van der Waals surface area contributed by atoms with Crippen LogP contribution < -0.4 is 0 Å². The smallest absolute Gasteiger partial charge is 0.0401 e. The highest BCUT2D eigenvalue weighted by atomic mass is 13.8. The van der Waals surface area contributed by atoms with Gasteiger partial charge in [-0.25, -0.2) is 0 Å². The van der Waals surface area contributed by atoms with Crippen LogP contribution in [-0.2, 0) is 0 Å². The Kier molecular flexibility index (Phi) is 5.72. The van der Waals surface area contributed by atoms with Gasteiger partial charge in [0.05, 0.1) is 0 Å². The first-order valence-corrected chi connectivity index (χ1v) is 3.96. The van der Waals surface area contributed by atoms with Crippen LogP contribution in [0, 0.1) is 0 Å². The van der Waals surface area contributed by atoms with Gasteiger partial charge in [-0.05, 0) is 13.8 Å². The summed E-state index contributed by atoms with van der Waals surface area (Å²) in [5.41, 5.74) is 2.13. The Balaban J connectivity index is 0.000000202. The van der Waals surface area contributed by atoms with Crippen molar-refractivity contribution in [1.82, 2.24) is 0 Å². The normalized spacial score (nSPS) is 7.83. The molecule has 0 fully saturated rings. The molecule has 12 heavy (non-hydrogen) atoms. The van der Waals surface area contributed by atoms with E-state index in [2.05, 4.69) is 13.2 Å². The van der Waals surface area contributed by atoms with E-state index in [1.54, 1.807) is 0 Å². The van der Waals surface area contributed by atoms with Gasteiger partial charge < -0.3 is 0 Å². The second-order valence-electron chi connectivity index (χ2n) is 2.72. The van der Waals surface area contributed by atoms with Crippen LogP contribution in [0.25, 0.3) is 0 Å². The zero-order valence-corrected chi connectivity index (χ0v) is 7.88. The van der Waals surface area contributed by atoms with Crippen molar-refractivity contribution < 1.29 is 0 Å². The summed E-state index contributed by atoms with van der Waals surface area (Å²) in [5, 5.41) is 0. The molecule has 0 aliphatic carbocycles. The van der Waals surface area contributed by atoms with E-state index in [9.17, 15) is 0 Å². The van der Waals surface area contributed by atoms with E-state index in [1.807, 2.05) is 50.2 Å². The van der Waals surface area contributed by atoms with Gasteiger partial charge in [0.2, 0.25) is 0 Å². The first kappa shape index (κ1) is 10.7. The Bertz CT molecular complexity index is 193. The van der Waals surface area contributed by atoms with E-state index in [0.717, 1.165) is 11.1 Å². The molecule has 0 atom stereocenters. The summed E-state index contributed by atoms with van der Waals surface area (Å²) < 4.78 is 0. The highest BCUT2D eigenvalue weighted by molar-refractivity contribution is 5.19. The van der Waals surface area contributed by atoms with Crippen molar-refractivity contribution in [2.24, 2.45) is 0 Å². The number of hydrogen-bond acceptors (Lipinski definition) is 0. The van der Waals surface area contributed by atoms with Gasteiger partial charge in [0.1, 0.15) is 0 Å². The van der Waals surface area contributed by atoms with Gasteiger partial charge in [0.15, 0.2) is 0 Å². The molecule has 0 aliphatic rings. The summed E-state index contributed by atoms with van der Waals surface area (Å²) in [4.78, 5) is 0. The number of benzene rings is 1. The molecule has 0 heterocycles. The fourth-order valence-corrected chi connectivity index (χ4v) is 0.385. The summed E-state index contributed by atoms with van der Waals surface area (Å²) in [5.74, 6) is 0. The molecule has 0 saturated heterocycles. The molecule has 0 aromatic heterocycles. The van der Waals surface area contributed by atoms with Crippen molar-refractivity contribution >= 4 is 0 Å². The molecule has 0 heteroatoms. The lowest BCUT2D eigenvalue weighted by Gasteiger charge is -1.88. The molecule has 0 nitrogen and oxygen atoms in total. The minimum Gasteiger partial charge on any atom is -0.0959 e. The molecule has 0 N–H and O–H groups in total. The average molecular weight is 160 g/mol. The summed E-state index contributed by atoms with van der Waals surface area (Å²) in [7, 11) is 0. The van der Waals surface area contributed by atoms with E-state index in [-0.39, 0.29) is 0 Å². The number of allylic oxidation sites excluding steroid dienone is 2. The maximum Gasteiger partial charge on any atom is -0.0401 e. The monoisotopic (exact) mass is 160 g/mol. The Labute approximate surface area is 75.2 Å². The lowest BCUT2D eigenvalue weighted by atomic mass is 10.2. The molecule has 64 valence electrons. The first-order valence-electron chi connectivity index (χ1n) is 3.96. The highest BCUT2D eigenvalue weighted by Gasteiger charge is 1.77. The molecule has 0 bridgehead atoms. The third kappa shape index (κ3) is 6.81. The van der Waals surface area contributed by atoms with Crippen LogP contribution in [0.1, 0.15) is 13.8 Å². The third-order valence-electron chi connectivity index (χ3n) is 1.40. The first-order chi connectivity index (χ1) is 5.64. The maximum atomic E-state index is 3.66. The van der Waals surface area contributed by atoms with Gasteiger partial charge in [0.25, 0.3) is 0 Å². The molecule has 1 aromatic rings. The van der Waals surface area contributed by atoms with Crippen LogP contribution >= 0.6 is 0 Å². The SMILES string of the molecule is C=C(C)C(=C)C.c1ccccc1. The maximum absolute atomic E-state index is 3.66. The van der Waals surface area contributed by atoms with Gasteiger partial charge in [-0.1, -0.05) is 60.7 Å². The van der Waals surface area contributed by atoms with Crippen LogP contribution in [0.4, 0.5) is 0 Å². The fraction of sp³-hybridized carbons (Fsp3) is 0.167. The number of rotatable bonds is 1. The lowest BCUT2D eigenvalue weighted by molar-refractivity contribution is 1.39. The van der Waals surface area contributed by atoms with Gasteiger partial charge in [0, 0.05) is 0 Å². The van der Waals surface area contributed by atoms with Crippen LogP contribution in [-0.4, -0.2) is 0 Å². The molecule has 0 unspecified atom stereocenters. The molecular weight excluding hydrogens is 144 g/mol. The standard InChI is InChI=1S/C6H6.C6H10/c1-2-4-6-5-3-1;1-5(2)6(3)4/h1-6H;1,3H2,2,4H3. The summed E-state index contributed by atoms with van der Waals surface area (Å²) in [6.07, 6.45) is 0. The molecule has 1 rings (SSSR count). The van der Waals surface area contributed by atoms with Crippen molar-refractivity contribution in [1.29, 1.82) is 0 Å². The fourth-order valence-electron chi connectivity index (χ4n) is 0.385.